The number of carbonyl (C=O) groups is 1. The van der Waals surface area contributed by atoms with E-state index in [2.05, 4.69) is 42.9 Å². The maximum absolute atomic E-state index is 12.7. The van der Waals surface area contributed by atoms with Crippen LogP contribution < -0.4 is 0 Å². The zero-order chi connectivity index (χ0) is 18.6. The molecule has 0 aliphatic rings. The van der Waals surface area contributed by atoms with Gasteiger partial charge in [-0.3, -0.25) is 4.79 Å². The van der Waals surface area contributed by atoms with E-state index >= 15 is 0 Å². The van der Waals surface area contributed by atoms with Gasteiger partial charge in [-0.05, 0) is 34.9 Å². The number of hydrogen-bond acceptors (Lipinski definition) is 1. The van der Waals surface area contributed by atoms with Gasteiger partial charge in [0, 0.05) is 16.7 Å². The highest BCUT2D eigenvalue weighted by Crippen LogP contribution is 2.22. The number of rotatable bonds is 1. The third kappa shape index (κ3) is 4.31. The van der Waals surface area contributed by atoms with E-state index in [1.807, 2.05) is 66.7 Å². The van der Waals surface area contributed by atoms with Gasteiger partial charge in [0.05, 0.1) is 0 Å². The summed E-state index contributed by atoms with van der Waals surface area (Å²) in [4.78, 5) is 12.7. The van der Waals surface area contributed by atoms with Gasteiger partial charge in [-0.15, -0.1) is 5.54 Å². The number of ketones is 1. The highest BCUT2D eigenvalue weighted by atomic mass is 28.3. The van der Waals surface area contributed by atoms with E-state index in [0.717, 1.165) is 21.9 Å². The molecule has 0 saturated heterocycles. The molecule has 2 heteroatoms. The first-order valence-corrected chi connectivity index (χ1v) is 12.1. The van der Waals surface area contributed by atoms with E-state index in [9.17, 15) is 4.79 Å². The van der Waals surface area contributed by atoms with Crippen molar-refractivity contribution in [2.75, 3.05) is 0 Å². The lowest BCUT2D eigenvalue weighted by Crippen LogP contribution is -2.17. The Morgan fingerprint density at radius 3 is 2.23 bits per heavy atom. The predicted octanol–water partition coefficient (Wildman–Crippen LogP) is 5.30. The summed E-state index contributed by atoms with van der Waals surface area (Å²) < 4.78 is 0. The van der Waals surface area contributed by atoms with E-state index in [-0.39, 0.29) is 5.78 Å². The molecule has 3 rings (SSSR count). The maximum atomic E-state index is 12.7. The molecule has 26 heavy (non-hydrogen) atoms. The fraction of sp³-hybridized carbons (Fsp3) is 0.125. The normalized spacial score (nSPS) is 10.4. The second-order valence-corrected chi connectivity index (χ2v) is 11.9. The zero-order valence-corrected chi connectivity index (χ0v) is 16.3. The minimum atomic E-state index is -1.61. The second-order valence-electron chi connectivity index (χ2n) is 7.15. The Bertz CT molecular complexity index is 1080. The van der Waals surface area contributed by atoms with Crippen LogP contribution in [0.1, 0.15) is 21.5 Å². The molecule has 0 spiro atoms. The molecule has 0 aliphatic carbocycles. The van der Waals surface area contributed by atoms with E-state index in [1.165, 1.54) is 0 Å². The first-order chi connectivity index (χ1) is 12.4. The lowest BCUT2D eigenvalue weighted by molar-refractivity contribution is 0.105. The summed E-state index contributed by atoms with van der Waals surface area (Å²) in [6, 6.07) is 21.6. The monoisotopic (exact) mass is 352 g/mol. The molecule has 0 heterocycles. The first kappa shape index (κ1) is 17.7. The Balaban J connectivity index is 2.16. The lowest BCUT2D eigenvalue weighted by Gasteiger charge is -2.06. The summed E-state index contributed by atoms with van der Waals surface area (Å²) in [6.45, 7) is 6.39. The van der Waals surface area contributed by atoms with Crippen molar-refractivity contribution in [2.24, 2.45) is 0 Å². The molecule has 0 radical (unpaired) electrons. The fourth-order valence-electron chi connectivity index (χ4n) is 2.56. The molecule has 126 valence electrons. The zero-order valence-electron chi connectivity index (χ0n) is 15.3. The van der Waals surface area contributed by atoms with Crippen molar-refractivity contribution in [1.82, 2.24) is 0 Å². The van der Waals surface area contributed by atoms with E-state index in [0.29, 0.717) is 5.56 Å². The minimum absolute atomic E-state index is 0.157. The number of Topliss-reactive ketones (excluding diaryl/α,β-unsaturated/α-hetero) is 1. The standard InChI is InChI=1S/C24H20OSi/c1-26(2,3)18-17-24(25)23-16-14-20-11-7-8-12-21(20)22(23)15-13-19-9-5-4-6-10-19/h4-12,14,16H,1-3H3. The summed E-state index contributed by atoms with van der Waals surface area (Å²) in [5.74, 6) is 9.09. The van der Waals surface area contributed by atoms with Gasteiger partial charge in [0.1, 0.15) is 8.07 Å². The molecule has 0 aliphatic heterocycles. The molecular formula is C24H20OSi. The second kappa shape index (κ2) is 7.44. The summed E-state index contributed by atoms with van der Waals surface area (Å²) in [6.07, 6.45) is 0. The molecule has 0 aromatic heterocycles. The van der Waals surface area contributed by atoms with Crippen LogP contribution in [0, 0.1) is 23.3 Å². The van der Waals surface area contributed by atoms with Crippen LogP contribution >= 0.6 is 0 Å². The van der Waals surface area contributed by atoms with Crippen molar-refractivity contribution in [1.29, 1.82) is 0 Å². The minimum Gasteiger partial charge on any atom is -0.279 e. The van der Waals surface area contributed by atoms with Crippen molar-refractivity contribution in [3.05, 3.63) is 83.4 Å². The first-order valence-electron chi connectivity index (χ1n) is 8.60. The Labute approximate surface area is 156 Å². The smallest absolute Gasteiger partial charge is 0.236 e. The highest BCUT2D eigenvalue weighted by molar-refractivity contribution is 6.84. The van der Waals surface area contributed by atoms with Crippen LogP contribution in [0.3, 0.4) is 0 Å². The molecule has 0 atom stereocenters. The highest BCUT2D eigenvalue weighted by Gasteiger charge is 2.13. The molecule has 1 nitrogen and oxygen atoms in total. The van der Waals surface area contributed by atoms with Crippen molar-refractivity contribution in [3.63, 3.8) is 0 Å². The van der Waals surface area contributed by atoms with E-state index in [1.54, 1.807) is 0 Å². The summed E-state index contributed by atoms with van der Waals surface area (Å²) in [5.41, 5.74) is 5.42. The van der Waals surface area contributed by atoms with Crippen molar-refractivity contribution >= 4 is 24.6 Å². The Hall–Kier alpha value is -3.07. The molecular weight excluding hydrogens is 332 g/mol. The molecule has 3 aromatic rings. The quantitative estimate of drug-likeness (QED) is 0.330. The Kier molecular flexibility index (Phi) is 5.08. The van der Waals surface area contributed by atoms with Crippen LogP contribution in [0.2, 0.25) is 19.6 Å². The third-order valence-corrected chi connectivity index (χ3v) is 4.71. The van der Waals surface area contributed by atoms with Gasteiger partial charge < -0.3 is 0 Å². The van der Waals surface area contributed by atoms with Crippen LogP contribution in [0.15, 0.2) is 66.7 Å². The number of carbonyl (C=O) groups excluding carboxylic acids is 1. The van der Waals surface area contributed by atoms with E-state index in [4.69, 9.17) is 0 Å². The molecule has 0 amide bonds. The van der Waals surface area contributed by atoms with Gasteiger partial charge in [0.25, 0.3) is 0 Å². The topological polar surface area (TPSA) is 17.1 Å². The van der Waals surface area contributed by atoms with Crippen molar-refractivity contribution in [2.45, 2.75) is 19.6 Å². The molecule has 0 bridgehead atoms. The predicted molar refractivity (Wildman–Crippen MR) is 112 cm³/mol. The molecule has 0 fully saturated rings. The number of benzene rings is 3. The van der Waals surface area contributed by atoms with Gasteiger partial charge in [0.2, 0.25) is 5.78 Å². The number of hydrogen-bond donors (Lipinski definition) is 0. The van der Waals surface area contributed by atoms with E-state index < -0.39 is 8.07 Å². The van der Waals surface area contributed by atoms with Gasteiger partial charge in [-0.25, -0.2) is 0 Å². The SMILES string of the molecule is C[Si](C)(C)C#CC(=O)c1ccc2ccccc2c1C#Cc1ccccc1. The van der Waals surface area contributed by atoms with Gasteiger partial charge in [-0.1, -0.05) is 80.0 Å². The average Bonchev–Trinajstić information content (AvgIpc) is 2.64. The van der Waals surface area contributed by atoms with Crippen LogP contribution in [-0.2, 0) is 0 Å². The molecule has 3 aromatic carbocycles. The largest absolute Gasteiger partial charge is 0.279 e. The van der Waals surface area contributed by atoms with Gasteiger partial charge in [-0.2, -0.15) is 0 Å². The summed E-state index contributed by atoms with van der Waals surface area (Å²) in [5, 5.41) is 2.05. The lowest BCUT2D eigenvalue weighted by atomic mass is 9.96. The van der Waals surface area contributed by atoms with Crippen LogP contribution in [-0.4, -0.2) is 13.9 Å². The number of fused-ring (bicyclic) bond motifs is 1. The van der Waals surface area contributed by atoms with Crippen LogP contribution in [0.25, 0.3) is 10.8 Å². The molecule has 0 saturated carbocycles. The third-order valence-electron chi connectivity index (χ3n) is 3.83. The van der Waals surface area contributed by atoms with Gasteiger partial charge in [0.15, 0.2) is 0 Å². The van der Waals surface area contributed by atoms with Crippen LogP contribution in [0.5, 0.6) is 0 Å². The molecule has 0 N–H and O–H groups in total. The fourth-order valence-corrected chi connectivity index (χ4v) is 3.05. The van der Waals surface area contributed by atoms with Crippen molar-refractivity contribution in [3.8, 4) is 23.3 Å². The Morgan fingerprint density at radius 1 is 0.808 bits per heavy atom. The summed E-state index contributed by atoms with van der Waals surface area (Å²) in [7, 11) is -1.61. The van der Waals surface area contributed by atoms with Crippen molar-refractivity contribution < 1.29 is 4.79 Å². The summed E-state index contributed by atoms with van der Waals surface area (Å²) >= 11 is 0. The average molecular weight is 353 g/mol. The van der Waals surface area contributed by atoms with Crippen LogP contribution in [0.4, 0.5) is 0 Å². The van der Waals surface area contributed by atoms with Gasteiger partial charge >= 0.3 is 0 Å². The maximum Gasteiger partial charge on any atom is 0.236 e. The Morgan fingerprint density at radius 2 is 1.50 bits per heavy atom. The molecule has 0 unspecified atom stereocenters.